The molecule has 0 aliphatic rings. The molecule has 33 heavy (non-hydrogen) atoms. The first kappa shape index (κ1) is 32.6. The molecule has 0 aromatic heterocycles. The monoisotopic (exact) mass is 481 g/mol. The lowest BCUT2D eigenvalue weighted by Crippen LogP contribution is -2.38. The van der Waals surface area contributed by atoms with Crippen LogP contribution in [0, 0.1) is 0 Å². The molecule has 9 heteroatoms. The predicted octanol–water partition coefficient (Wildman–Crippen LogP) is 1.46. The zero-order chi connectivity index (χ0) is 25.2. The van der Waals surface area contributed by atoms with E-state index in [0.717, 1.165) is 19.6 Å². The Morgan fingerprint density at radius 2 is 1.18 bits per heavy atom. The van der Waals surface area contributed by atoms with Crippen molar-refractivity contribution in [3.05, 3.63) is 0 Å². The minimum atomic E-state index is -0.476. The van der Waals surface area contributed by atoms with Crippen LogP contribution in [0.3, 0.4) is 0 Å². The van der Waals surface area contributed by atoms with E-state index in [4.69, 9.17) is 33.9 Å². The van der Waals surface area contributed by atoms with Gasteiger partial charge in [0.1, 0.15) is 0 Å². The molecule has 0 fully saturated rings. The molecule has 0 saturated heterocycles. The van der Waals surface area contributed by atoms with Crippen LogP contribution in [0.25, 0.3) is 0 Å². The Morgan fingerprint density at radius 3 is 1.67 bits per heavy atom. The molecule has 0 spiro atoms. The Bertz CT molecular complexity index is 424. The maximum absolute atomic E-state index is 9.22. The Kier molecular flexibility index (Phi) is 18.7. The molecular formula is C24H51NO8. The molecule has 0 aromatic rings. The van der Waals surface area contributed by atoms with Gasteiger partial charge in [-0.3, -0.25) is 4.90 Å². The summed E-state index contributed by atoms with van der Waals surface area (Å²) in [4.78, 5) is 2.23. The molecule has 9 nitrogen and oxygen atoms in total. The first-order valence-electron chi connectivity index (χ1n) is 12.2. The van der Waals surface area contributed by atoms with E-state index >= 15 is 0 Å². The van der Waals surface area contributed by atoms with Crippen molar-refractivity contribution < 1.29 is 39.0 Å². The Labute approximate surface area is 201 Å². The van der Waals surface area contributed by atoms with Gasteiger partial charge in [0.2, 0.25) is 0 Å². The highest BCUT2D eigenvalue weighted by Gasteiger charge is 2.20. The van der Waals surface area contributed by atoms with Crippen molar-refractivity contribution in [1.29, 1.82) is 0 Å². The van der Waals surface area contributed by atoms with E-state index in [1.54, 1.807) is 6.92 Å². The molecule has 0 aliphatic heterocycles. The lowest BCUT2D eigenvalue weighted by Gasteiger charge is -2.29. The number of nitrogens with zero attached hydrogens (tertiary/aromatic N) is 1. The maximum Gasteiger partial charge on any atom is 0.0781 e. The minimum absolute atomic E-state index is 0.0692. The molecule has 0 heterocycles. The molecule has 0 amide bonds. The highest BCUT2D eigenvalue weighted by molar-refractivity contribution is 4.70. The largest absolute Gasteiger partial charge is 0.396 e. The summed E-state index contributed by atoms with van der Waals surface area (Å²) in [7, 11) is 0. The summed E-state index contributed by atoms with van der Waals surface area (Å²) in [6.45, 7) is 17.4. The van der Waals surface area contributed by atoms with Crippen LogP contribution >= 0.6 is 0 Å². The number of rotatable bonds is 23. The van der Waals surface area contributed by atoms with Crippen molar-refractivity contribution >= 4 is 0 Å². The van der Waals surface area contributed by atoms with Crippen molar-refractivity contribution in [2.75, 3.05) is 79.1 Å². The molecule has 2 atom stereocenters. The number of aliphatic hydroxyl groups excluding tert-OH is 3. The highest BCUT2D eigenvalue weighted by Crippen LogP contribution is 2.14. The zero-order valence-corrected chi connectivity index (χ0v) is 21.9. The van der Waals surface area contributed by atoms with Crippen molar-refractivity contribution in [3.63, 3.8) is 0 Å². The molecule has 2 unspecified atom stereocenters. The van der Waals surface area contributed by atoms with Crippen LogP contribution in [0.1, 0.15) is 54.4 Å². The first-order valence-corrected chi connectivity index (χ1v) is 12.2. The van der Waals surface area contributed by atoms with E-state index in [-0.39, 0.29) is 30.5 Å². The maximum atomic E-state index is 9.22. The van der Waals surface area contributed by atoms with E-state index in [2.05, 4.69) is 4.90 Å². The van der Waals surface area contributed by atoms with Crippen LogP contribution in [-0.2, 0) is 23.7 Å². The summed E-state index contributed by atoms with van der Waals surface area (Å²) in [5.41, 5.74) is -0.714. The second kappa shape index (κ2) is 18.9. The Morgan fingerprint density at radius 1 is 0.697 bits per heavy atom. The summed E-state index contributed by atoms with van der Waals surface area (Å²) in [6, 6.07) is 0. The normalized spacial score (nSPS) is 14.7. The number of hydrogen-bond donors (Lipinski definition) is 3. The van der Waals surface area contributed by atoms with Gasteiger partial charge in [-0.25, -0.2) is 0 Å². The average Bonchev–Trinajstić information content (AvgIpc) is 2.70. The Hall–Kier alpha value is -0.360. The van der Waals surface area contributed by atoms with E-state index in [1.807, 2.05) is 34.6 Å². The van der Waals surface area contributed by atoms with Gasteiger partial charge in [0.25, 0.3) is 0 Å². The van der Waals surface area contributed by atoms with E-state index in [0.29, 0.717) is 59.1 Å². The lowest BCUT2D eigenvalue weighted by atomic mass is 10.1. The molecule has 0 rings (SSSR count). The van der Waals surface area contributed by atoms with Crippen LogP contribution in [0.2, 0.25) is 0 Å². The summed E-state index contributed by atoms with van der Waals surface area (Å²) in [6.07, 6.45) is 0.644. The quantitative estimate of drug-likeness (QED) is 0.187. The molecule has 0 bridgehead atoms. The van der Waals surface area contributed by atoms with Crippen LogP contribution in [-0.4, -0.2) is 123 Å². The molecule has 0 aromatic carbocycles. The fraction of sp³-hybridized carbons (Fsp3) is 1.00. The standard InChI is InChI=1S/C24H51NO8/c1-21(28)19-31-22(2)20-30-18-17-29-14-9-25(10-15-32-23(3,4)7-12-26)11-16-33-24(5,6)8-13-27/h21-22,26-28H,7-20H2,1-6H3. The van der Waals surface area contributed by atoms with Gasteiger partial charge in [0.15, 0.2) is 0 Å². The topological polar surface area (TPSA) is 110 Å². The van der Waals surface area contributed by atoms with Crippen LogP contribution in [0.5, 0.6) is 0 Å². The highest BCUT2D eigenvalue weighted by atomic mass is 16.6. The summed E-state index contributed by atoms with van der Waals surface area (Å²) in [5, 5.41) is 27.5. The molecule has 0 radical (unpaired) electrons. The van der Waals surface area contributed by atoms with Gasteiger partial charge in [-0.05, 0) is 54.4 Å². The number of hydrogen-bond acceptors (Lipinski definition) is 9. The SMILES string of the molecule is CC(O)COC(C)COCCOCCN(CCOC(C)(C)CCO)CCOC(C)(C)CCO. The smallest absolute Gasteiger partial charge is 0.0781 e. The van der Waals surface area contributed by atoms with Gasteiger partial charge >= 0.3 is 0 Å². The van der Waals surface area contributed by atoms with Crippen LogP contribution in [0.15, 0.2) is 0 Å². The van der Waals surface area contributed by atoms with E-state index in [9.17, 15) is 5.11 Å². The fourth-order valence-corrected chi connectivity index (χ4v) is 2.93. The van der Waals surface area contributed by atoms with Crippen molar-refractivity contribution in [2.45, 2.75) is 77.8 Å². The molecule has 3 N–H and O–H groups in total. The zero-order valence-electron chi connectivity index (χ0n) is 21.9. The Balaban J connectivity index is 4.23. The molecule has 0 aliphatic carbocycles. The van der Waals surface area contributed by atoms with Gasteiger partial charge in [0, 0.05) is 32.8 Å². The molecule has 200 valence electrons. The average molecular weight is 482 g/mol. The van der Waals surface area contributed by atoms with E-state index in [1.165, 1.54) is 0 Å². The van der Waals surface area contributed by atoms with Gasteiger partial charge in [-0.15, -0.1) is 0 Å². The summed E-state index contributed by atoms with van der Waals surface area (Å²) in [5.74, 6) is 0. The molecular weight excluding hydrogens is 430 g/mol. The lowest BCUT2D eigenvalue weighted by molar-refractivity contribution is -0.0592. The van der Waals surface area contributed by atoms with Crippen molar-refractivity contribution in [1.82, 2.24) is 4.90 Å². The first-order chi connectivity index (χ1) is 15.5. The van der Waals surface area contributed by atoms with Gasteiger partial charge in [0.05, 0.1) is 69.7 Å². The third kappa shape index (κ3) is 20.7. The van der Waals surface area contributed by atoms with Gasteiger partial charge in [-0.1, -0.05) is 0 Å². The third-order valence-corrected chi connectivity index (χ3v) is 5.13. The predicted molar refractivity (Wildman–Crippen MR) is 129 cm³/mol. The minimum Gasteiger partial charge on any atom is -0.396 e. The van der Waals surface area contributed by atoms with Crippen LogP contribution in [0.4, 0.5) is 0 Å². The fourth-order valence-electron chi connectivity index (χ4n) is 2.93. The summed E-state index contributed by atoms with van der Waals surface area (Å²) < 4.78 is 28.6. The number of aliphatic hydroxyl groups is 3. The number of ether oxygens (including phenoxy) is 5. The second-order valence-electron chi connectivity index (χ2n) is 9.69. The van der Waals surface area contributed by atoms with Crippen LogP contribution < -0.4 is 0 Å². The summed E-state index contributed by atoms with van der Waals surface area (Å²) >= 11 is 0. The second-order valence-corrected chi connectivity index (χ2v) is 9.69. The van der Waals surface area contributed by atoms with E-state index < -0.39 is 6.10 Å². The van der Waals surface area contributed by atoms with Gasteiger partial charge in [-0.2, -0.15) is 0 Å². The third-order valence-electron chi connectivity index (χ3n) is 5.13. The van der Waals surface area contributed by atoms with Gasteiger partial charge < -0.3 is 39.0 Å². The van der Waals surface area contributed by atoms with Crippen molar-refractivity contribution in [3.8, 4) is 0 Å². The molecule has 0 saturated carbocycles. The van der Waals surface area contributed by atoms with Crippen molar-refractivity contribution in [2.24, 2.45) is 0 Å².